The zero-order valence-electron chi connectivity index (χ0n) is 25.1. The van der Waals surface area contributed by atoms with E-state index >= 15 is 0 Å². The van der Waals surface area contributed by atoms with Crippen molar-refractivity contribution in [3.63, 3.8) is 0 Å². The Bertz CT molecular complexity index is 1450. The van der Waals surface area contributed by atoms with Crippen molar-refractivity contribution in [2.24, 2.45) is 5.73 Å². The number of aryl methyl sites for hydroxylation is 1. The number of nitrogens with one attached hydrogen (secondary N) is 2. The van der Waals surface area contributed by atoms with E-state index in [9.17, 15) is 9.18 Å². The summed E-state index contributed by atoms with van der Waals surface area (Å²) in [5.74, 6) is -0.704. The maximum absolute atomic E-state index is 13.4. The minimum Gasteiger partial charge on any atom is -0.408 e. The van der Waals surface area contributed by atoms with Gasteiger partial charge >= 0.3 is 5.76 Å². The van der Waals surface area contributed by atoms with Gasteiger partial charge in [-0.25, -0.2) is 9.18 Å². The van der Waals surface area contributed by atoms with Gasteiger partial charge in [-0.3, -0.25) is 9.97 Å². The smallest absolute Gasteiger partial charge is 0.408 e. The highest BCUT2D eigenvalue weighted by Gasteiger charge is 2.12. The van der Waals surface area contributed by atoms with Crippen molar-refractivity contribution in [2.75, 3.05) is 6.54 Å². The van der Waals surface area contributed by atoms with E-state index in [1.54, 1.807) is 18.2 Å². The Kier molecular flexibility index (Phi) is 16.3. The Hall–Kier alpha value is -4.13. The first-order chi connectivity index (χ1) is 19.9. The number of fused-ring (bicyclic) bond motifs is 1. The minimum atomic E-state index is -0.456. The van der Waals surface area contributed by atoms with Gasteiger partial charge in [0.25, 0.3) is 0 Å². The fourth-order valence-electron chi connectivity index (χ4n) is 4.08. The molecule has 2 heterocycles. The summed E-state index contributed by atoms with van der Waals surface area (Å²) in [5.41, 5.74) is 13.0. The summed E-state index contributed by atoms with van der Waals surface area (Å²) < 4.78 is 18.5. The van der Waals surface area contributed by atoms with Crippen LogP contribution in [0.15, 0.2) is 76.6 Å². The van der Waals surface area contributed by atoms with E-state index in [1.165, 1.54) is 43.2 Å². The summed E-state index contributed by atoms with van der Waals surface area (Å²) in [5, 5.41) is 3.49. The number of aromatic nitrogens is 2. The summed E-state index contributed by atoms with van der Waals surface area (Å²) in [6.07, 6.45) is 10.5. The van der Waals surface area contributed by atoms with Crippen LogP contribution in [0, 0.1) is 12.7 Å². The van der Waals surface area contributed by atoms with Crippen molar-refractivity contribution >= 4 is 16.8 Å². The van der Waals surface area contributed by atoms with Crippen molar-refractivity contribution in [2.45, 2.75) is 80.6 Å². The van der Waals surface area contributed by atoms with Crippen LogP contribution in [-0.4, -0.2) is 16.5 Å². The molecule has 228 valence electrons. The zero-order chi connectivity index (χ0) is 30.2. The van der Waals surface area contributed by atoms with Crippen LogP contribution >= 0.6 is 0 Å². The summed E-state index contributed by atoms with van der Waals surface area (Å²) >= 11 is 0. The topological polar surface area (TPSA) is 96.9 Å². The highest BCUT2D eigenvalue weighted by atomic mass is 19.1. The molecular weight excluding hydrogens is 527 g/mol. The molecule has 1 saturated carbocycles. The predicted octanol–water partition coefficient (Wildman–Crippen LogP) is 8.70. The minimum absolute atomic E-state index is 0. The number of pyridine rings is 1. The summed E-state index contributed by atoms with van der Waals surface area (Å²) in [6, 6.07) is 14.3. The molecular formula is C35H49FN4O2. The monoisotopic (exact) mass is 576 g/mol. The number of nitrogens with zero attached hydrogens (tertiary/aromatic N) is 1. The highest BCUT2D eigenvalue weighted by molar-refractivity contribution is 5.78. The Labute approximate surface area is 251 Å². The number of hydrogen-bond donors (Lipinski definition) is 3. The number of rotatable bonds is 8. The van der Waals surface area contributed by atoms with E-state index in [1.807, 2.05) is 39.0 Å². The maximum atomic E-state index is 13.4. The Morgan fingerprint density at radius 2 is 1.76 bits per heavy atom. The van der Waals surface area contributed by atoms with Crippen LogP contribution in [0.5, 0.6) is 0 Å². The molecule has 0 radical (unpaired) electrons. The molecule has 1 aliphatic rings. The molecule has 7 heteroatoms. The number of aromatic amines is 1. The van der Waals surface area contributed by atoms with E-state index in [0.717, 1.165) is 53.0 Å². The number of H-pyrrole nitrogens is 1. The molecule has 42 heavy (non-hydrogen) atoms. The zero-order valence-corrected chi connectivity index (χ0v) is 25.1. The Morgan fingerprint density at radius 3 is 2.33 bits per heavy atom. The molecule has 6 nitrogen and oxygen atoms in total. The third kappa shape index (κ3) is 11.0. The molecule has 4 N–H and O–H groups in total. The lowest BCUT2D eigenvalue weighted by atomic mass is 9.97. The molecule has 1 aliphatic carbocycles. The Balaban J connectivity index is 0.000000872. The number of nitrogens with two attached hydrogens (primary N) is 1. The second-order valence-corrected chi connectivity index (χ2v) is 9.40. The van der Waals surface area contributed by atoms with Gasteiger partial charge in [0.15, 0.2) is 5.58 Å². The van der Waals surface area contributed by atoms with Crippen molar-refractivity contribution in [1.82, 2.24) is 15.3 Å². The van der Waals surface area contributed by atoms with Crippen LogP contribution in [0.25, 0.3) is 28.1 Å². The van der Waals surface area contributed by atoms with E-state index in [0.29, 0.717) is 17.6 Å². The van der Waals surface area contributed by atoms with Gasteiger partial charge in [-0.2, -0.15) is 0 Å². The van der Waals surface area contributed by atoms with Gasteiger partial charge in [-0.15, -0.1) is 0 Å². The largest absolute Gasteiger partial charge is 0.417 e. The molecule has 2 aromatic heterocycles. The van der Waals surface area contributed by atoms with Crippen molar-refractivity contribution in [3.05, 3.63) is 106 Å². The summed E-state index contributed by atoms with van der Waals surface area (Å²) in [6.45, 7) is 14.1. The quantitative estimate of drug-likeness (QED) is 0.195. The molecule has 4 aromatic rings. The molecule has 0 spiro atoms. The first kappa shape index (κ1) is 35.9. The van der Waals surface area contributed by atoms with Crippen molar-refractivity contribution < 1.29 is 8.81 Å². The van der Waals surface area contributed by atoms with Gasteiger partial charge in [0.1, 0.15) is 5.82 Å². The van der Waals surface area contributed by atoms with Crippen LogP contribution in [0.4, 0.5) is 4.39 Å². The molecule has 5 rings (SSSR count). The molecule has 0 unspecified atom stereocenters. The van der Waals surface area contributed by atoms with E-state index in [2.05, 4.69) is 42.5 Å². The SMILES string of the molecule is C.C1CC1.C=CN.CC.CC=C(NCCc1cc(CCC)c(C)c(-c2ccc(F)cc2)n1)c1ccc2oc(=O)[nH]c2c1. The van der Waals surface area contributed by atoms with Crippen LogP contribution in [0.3, 0.4) is 0 Å². The molecule has 0 amide bonds. The lowest BCUT2D eigenvalue weighted by Crippen LogP contribution is -2.17. The van der Waals surface area contributed by atoms with Gasteiger partial charge < -0.3 is 15.5 Å². The highest BCUT2D eigenvalue weighted by Crippen LogP contribution is 2.26. The standard InChI is InChI=1S/C27H28FN3O2.C3H6.C2H5N.C2H6.CH4/c1-4-6-19-15-22(30-26(17(19)3)18-7-10-21(28)11-8-18)13-14-29-23(5-2)20-9-12-25-24(16-20)31-27(32)33-25;1-2-3-1;1-2-3;1-2;/h5,7-12,15-16,29H,4,6,13-14H2,1-3H3,(H,31,32);1-3H2;2H,1,3H2;1-2H3;1H4. The van der Waals surface area contributed by atoms with Crippen LogP contribution < -0.4 is 16.8 Å². The number of hydrogen-bond acceptors (Lipinski definition) is 5. The van der Waals surface area contributed by atoms with E-state index in [-0.39, 0.29) is 13.2 Å². The second-order valence-electron chi connectivity index (χ2n) is 9.40. The molecule has 1 fully saturated rings. The number of oxazole rings is 1. The van der Waals surface area contributed by atoms with Crippen molar-refractivity contribution in [3.8, 4) is 11.3 Å². The molecule has 0 aliphatic heterocycles. The number of allylic oxidation sites excluding steroid dienone is 1. The van der Waals surface area contributed by atoms with Gasteiger partial charge in [-0.05, 0) is 91.7 Å². The maximum Gasteiger partial charge on any atom is 0.417 e. The first-order valence-electron chi connectivity index (χ1n) is 14.5. The second kappa shape index (κ2) is 19.1. The average Bonchev–Trinajstić information content (AvgIpc) is 3.81. The molecule has 2 aromatic carbocycles. The third-order valence-electron chi connectivity index (χ3n) is 6.14. The van der Waals surface area contributed by atoms with Crippen LogP contribution in [0.1, 0.15) is 83.2 Å². The Morgan fingerprint density at radius 1 is 1.12 bits per heavy atom. The summed E-state index contributed by atoms with van der Waals surface area (Å²) in [7, 11) is 0. The number of halogens is 1. The first-order valence-corrected chi connectivity index (χ1v) is 14.5. The van der Waals surface area contributed by atoms with Gasteiger partial charge in [0, 0.05) is 29.9 Å². The van der Waals surface area contributed by atoms with Crippen molar-refractivity contribution in [1.29, 1.82) is 0 Å². The normalized spacial score (nSPS) is 11.4. The van der Waals surface area contributed by atoms with Gasteiger partial charge in [0.05, 0.1) is 11.2 Å². The van der Waals surface area contributed by atoms with Crippen LogP contribution in [0.2, 0.25) is 0 Å². The number of benzene rings is 2. The average molecular weight is 577 g/mol. The molecule has 0 saturated heterocycles. The molecule has 0 atom stereocenters. The third-order valence-corrected chi connectivity index (χ3v) is 6.14. The van der Waals surface area contributed by atoms with E-state index < -0.39 is 5.76 Å². The summed E-state index contributed by atoms with van der Waals surface area (Å²) in [4.78, 5) is 19.1. The van der Waals surface area contributed by atoms with Gasteiger partial charge in [0.2, 0.25) is 0 Å². The van der Waals surface area contributed by atoms with E-state index in [4.69, 9.17) is 9.40 Å². The lowest BCUT2D eigenvalue weighted by molar-refractivity contribution is 0.555. The fraction of sp³-hybridized carbons (Fsp3) is 0.371. The van der Waals surface area contributed by atoms with Crippen LogP contribution in [-0.2, 0) is 12.8 Å². The molecule has 0 bridgehead atoms. The van der Waals surface area contributed by atoms with Gasteiger partial charge in [-0.1, -0.05) is 66.5 Å². The predicted molar refractivity (Wildman–Crippen MR) is 177 cm³/mol. The lowest BCUT2D eigenvalue weighted by Gasteiger charge is -2.15. The fourth-order valence-corrected chi connectivity index (χ4v) is 4.08.